The predicted octanol–water partition coefficient (Wildman–Crippen LogP) is 1.43. The largest absolute Gasteiger partial charge is 0.361 e. The Morgan fingerprint density at radius 1 is 1.75 bits per heavy atom. The van der Waals surface area contributed by atoms with Gasteiger partial charge in [-0.25, -0.2) is 9.18 Å². The van der Waals surface area contributed by atoms with E-state index in [1.807, 2.05) is 0 Å². The highest BCUT2D eigenvalue weighted by atomic mass is 35.5. The van der Waals surface area contributed by atoms with Crippen molar-refractivity contribution in [3.8, 4) is 0 Å². The number of rotatable bonds is 1. The van der Waals surface area contributed by atoms with E-state index in [1.54, 1.807) is 0 Å². The molecule has 0 amide bonds. The summed E-state index contributed by atoms with van der Waals surface area (Å²) in [5, 5.41) is 0. The van der Waals surface area contributed by atoms with Crippen molar-refractivity contribution in [1.82, 2.24) is 0 Å². The maximum atomic E-state index is 12.2. The highest BCUT2D eigenvalue weighted by Crippen LogP contribution is 2.10. The zero-order valence-electron chi connectivity index (χ0n) is 4.57. The Hall–Kier alpha value is -0.310. The standard InChI is InChI=1S/C4H6ClFO2/c1-4(2,6)3(7)8-5/h1-2H3. The Balaban J connectivity index is 3.82. The first kappa shape index (κ1) is 7.69. The molecule has 48 valence electrons. The summed E-state index contributed by atoms with van der Waals surface area (Å²) in [6, 6.07) is 0. The quantitative estimate of drug-likeness (QED) is 0.551. The normalized spacial score (nSPS) is 11.0. The van der Waals surface area contributed by atoms with Gasteiger partial charge in [0.1, 0.15) is 11.9 Å². The minimum absolute atomic E-state index is 1.07. The van der Waals surface area contributed by atoms with Crippen LogP contribution in [0.25, 0.3) is 0 Å². The molecule has 0 aromatic carbocycles. The maximum Gasteiger partial charge on any atom is 0.361 e. The highest BCUT2D eigenvalue weighted by Gasteiger charge is 2.28. The van der Waals surface area contributed by atoms with E-state index in [-0.39, 0.29) is 0 Å². The molecule has 2 nitrogen and oxygen atoms in total. The molecule has 0 heterocycles. The lowest BCUT2D eigenvalue weighted by atomic mass is 10.2. The summed E-state index contributed by atoms with van der Waals surface area (Å²) in [6.07, 6.45) is 0. The van der Waals surface area contributed by atoms with Crippen LogP contribution in [0.1, 0.15) is 13.8 Å². The SMILES string of the molecule is CC(C)(F)C(=O)OCl. The van der Waals surface area contributed by atoms with Crippen LogP contribution in [0.3, 0.4) is 0 Å². The first-order valence-corrected chi connectivity index (χ1v) is 2.31. The van der Waals surface area contributed by atoms with E-state index < -0.39 is 11.6 Å². The highest BCUT2D eigenvalue weighted by molar-refractivity contribution is 6.14. The number of alkyl halides is 1. The average Bonchev–Trinajstić information content (AvgIpc) is 1.62. The average molecular weight is 141 g/mol. The molecule has 0 saturated carbocycles. The van der Waals surface area contributed by atoms with Gasteiger partial charge in [-0.05, 0) is 13.8 Å². The van der Waals surface area contributed by atoms with E-state index in [9.17, 15) is 9.18 Å². The molecule has 0 aliphatic rings. The molecular formula is C4H6ClFO2. The van der Waals surface area contributed by atoms with Gasteiger partial charge >= 0.3 is 5.97 Å². The summed E-state index contributed by atoms with van der Waals surface area (Å²) in [6.45, 7) is 2.13. The molecule has 0 saturated heterocycles. The molecule has 0 aromatic heterocycles. The Labute approximate surface area is 51.8 Å². The van der Waals surface area contributed by atoms with Crippen molar-refractivity contribution in [2.75, 3.05) is 0 Å². The van der Waals surface area contributed by atoms with Gasteiger partial charge in [0.05, 0.1) is 0 Å². The molecule has 0 aliphatic heterocycles. The summed E-state index contributed by atoms with van der Waals surface area (Å²) in [5.41, 5.74) is -1.98. The lowest BCUT2D eigenvalue weighted by Crippen LogP contribution is -2.25. The van der Waals surface area contributed by atoms with Crippen molar-refractivity contribution >= 4 is 17.8 Å². The maximum absolute atomic E-state index is 12.2. The Bertz CT molecular complexity index is 96.7. The fraction of sp³-hybridized carbons (Fsp3) is 0.750. The molecule has 0 radical (unpaired) electrons. The van der Waals surface area contributed by atoms with E-state index in [0.717, 1.165) is 13.8 Å². The van der Waals surface area contributed by atoms with Crippen LogP contribution in [0.5, 0.6) is 0 Å². The van der Waals surface area contributed by atoms with Crippen molar-refractivity contribution in [3.05, 3.63) is 0 Å². The van der Waals surface area contributed by atoms with E-state index in [4.69, 9.17) is 0 Å². The first-order chi connectivity index (χ1) is 3.48. The van der Waals surface area contributed by atoms with E-state index in [1.165, 1.54) is 0 Å². The van der Waals surface area contributed by atoms with Crippen LogP contribution >= 0.6 is 11.9 Å². The Kier molecular flexibility index (Phi) is 2.22. The van der Waals surface area contributed by atoms with Gasteiger partial charge in [0.15, 0.2) is 0 Å². The monoisotopic (exact) mass is 140 g/mol. The van der Waals surface area contributed by atoms with Crippen LogP contribution in [0.15, 0.2) is 0 Å². The van der Waals surface area contributed by atoms with Gasteiger partial charge < -0.3 is 4.29 Å². The molecule has 0 N–H and O–H groups in total. The van der Waals surface area contributed by atoms with Crippen LogP contribution in [0.2, 0.25) is 0 Å². The topological polar surface area (TPSA) is 26.3 Å². The molecule has 0 aliphatic carbocycles. The van der Waals surface area contributed by atoms with Gasteiger partial charge in [-0.15, -0.1) is 0 Å². The van der Waals surface area contributed by atoms with E-state index >= 15 is 0 Å². The zero-order chi connectivity index (χ0) is 6.78. The molecule has 0 rings (SSSR count). The van der Waals surface area contributed by atoms with E-state index in [0.29, 0.717) is 0 Å². The summed E-state index contributed by atoms with van der Waals surface area (Å²) in [5.74, 6) is -1.07. The van der Waals surface area contributed by atoms with Crippen molar-refractivity contribution in [2.24, 2.45) is 0 Å². The van der Waals surface area contributed by atoms with Gasteiger partial charge in [0, 0.05) is 0 Å². The Morgan fingerprint density at radius 2 is 2.12 bits per heavy atom. The smallest absolute Gasteiger partial charge is 0.344 e. The Morgan fingerprint density at radius 3 is 2.12 bits per heavy atom. The van der Waals surface area contributed by atoms with Crippen LogP contribution in [-0.4, -0.2) is 11.6 Å². The third kappa shape index (κ3) is 2.12. The minimum atomic E-state index is -1.98. The fourth-order valence-corrected chi connectivity index (χ4v) is 0.275. The fourth-order valence-electron chi connectivity index (χ4n) is 0.0917. The summed E-state index contributed by atoms with van der Waals surface area (Å²) < 4.78 is 15.8. The zero-order valence-corrected chi connectivity index (χ0v) is 5.33. The van der Waals surface area contributed by atoms with Crippen molar-refractivity contribution in [1.29, 1.82) is 0 Å². The van der Waals surface area contributed by atoms with Crippen molar-refractivity contribution < 1.29 is 13.5 Å². The summed E-state index contributed by atoms with van der Waals surface area (Å²) in [4.78, 5) is 10.1. The molecule has 0 atom stereocenters. The first-order valence-electron chi connectivity index (χ1n) is 2.00. The minimum Gasteiger partial charge on any atom is -0.344 e. The second-order valence-electron chi connectivity index (χ2n) is 1.84. The van der Waals surface area contributed by atoms with E-state index in [2.05, 4.69) is 16.2 Å². The van der Waals surface area contributed by atoms with Crippen LogP contribution in [-0.2, 0) is 9.08 Å². The van der Waals surface area contributed by atoms with Crippen LogP contribution in [0.4, 0.5) is 4.39 Å². The van der Waals surface area contributed by atoms with Gasteiger partial charge in [-0.2, -0.15) is 0 Å². The lowest BCUT2D eigenvalue weighted by Gasteiger charge is -2.06. The predicted molar refractivity (Wildman–Crippen MR) is 27.1 cm³/mol. The molecule has 0 aromatic rings. The summed E-state index contributed by atoms with van der Waals surface area (Å²) in [7, 11) is 0. The molecule has 0 fully saturated rings. The molecule has 4 heteroatoms. The van der Waals surface area contributed by atoms with Gasteiger partial charge in [0.25, 0.3) is 0 Å². The molecule has 0 unspecified atom stereocenters. The summed E-state index contributed by atoms with van der Waals surface area (Å²) >= 11 is 4.55. The second-order valence-corrected chi connectivity index (χ2v) is 1.99. The number of carbonyl (C=O) groups excluding carboxylic acids is 1. The molecule has 0 bridgehead atoms. The van der Waals surface area contributed by atoms with Crippen molar-refractivity contribution in [2.45, 2.75) is 19.5 Å². The number of halogens is 2. The molecule has 8 heavy (non-hydrogen) atoms. The second kappa shape index (κ2) is 2.31. The van der Waals surface area contributed by atoms with Crippen LogP contribution < -0.4 is 0 Å². The lowest BCUT2D eigenvalue weighted by molar-refractivity contribution is -0.144. The number of hydrogen-bond acceptors (Lipinski definition) is 2. The van der Waals surface area contributed by atoms with Crippen molar-refractivity contribution in [3.63, 3.8) is 0 Å². The third-order valence-corrected chi connectivity index (χ3v) is 0.696. The number of carbonyl (C=O) groups is 1. The number of hydrogen-bond donors (Lipinski definition) is 0. The van der Waals surface area contributed by atoms with Gasteiger partial charge in [-0.1, -0.05) is 0 Å². The molecular weight excluding hydrogens is 134 g/mol. The third-order valence-electron chi connectivity index (χ3n) is 0.555. The van der Waals surface area contributed by atoms with Crippen LogP contribution in [0, 0.1) is 0 Å². The van der Waals surface area contributed by atoms with Gasteiger partial charge in [0.2, 0.25) is 5.67 Å². The van der Waals surface area contributed by atoms with Gasteiger partial charge in [-0.3, -0.25) is 0 Å². The molecule has 0 spiro atoms.